The zero-order valence-electron chi connectivity index (χ0n) is 33.3. The van der Waals surface area contributed by atoms with Crippen molar-refractivity contribution in [2.75, 3.05) is 0 Å². The summed E-state index contributed by atoms with van der Waals surface area (Å²) in [6, 6.07) is 19.1. The second-order valence-electron chi connectivity index (χ2n) is 18.7. The van der Waals surface area contributed by atoms with Crippen LogP contribution in [-0.4, -0.2) is 0 Å². The van der Waals surface area contributed by atoms with Gasteiger partial charge in [0, 0.05) is 5.92 Å². The van der Waals surface area contributed by atoms with Gasteiger partial charge in [-0.15, -0.1) is 0 Å². The third kappa shape index (κ3) is 8.01. The van der Waals surface area contributed by atoms with E-state index in [0.29, 0.717) is 11.3 Å². The van der Waals surface area contributed by atoms with Crippen LogP contribution >= 0.6 is 0 Å². The zero-order chi connectivity index (χ0) is 35.9. The van der Waals surface area contributed by atoms with Gasteiger partial charge in [-0.1, -0.05) is 121 Å². The van der Waals surface area contributed by atoms with Crippen molar-refractivity contribution in [2.45, 2.75) is 133 Å². The fourth-order valence-electron chi connectivity index (χ4n) is 9.42. The number of hydrogen-bond acceptors (Lipinski definition) is 0. The van der Waals surface area contributed by atoms with Crippen molar-refractivity contribution in [3.8, 4) is 11.1 Å². The molecule has 0 radical (unpaired) electrons. The van der Waals surface area contributed by atoms with Crippen LogP contribution in [0.5, 0.6) is 0 Å². The zero-order valence-corrected chi connectivity index (χ0v) is 33.3. The highest BCUT2D eigenvalue weighted by Gasteiger charge is 2.39. The monoisotopic (exact) mass is 667 g/mol. The van der Waals surface area contributed by atoms with Crippen molar-refractivity contribution in [1.29, 1.82) is 0 Å². The van der Waals surface area contributed by atoms with Crippen LogP contribution < -0.4 is 0 Å². The Morgan fingerprint density at radius 1 is 0.860 bits per heavy atom. The third-order valence-corrected chi connectivity index (χ3v) is 12.3. The second-order valence-corrected chi connectivity index (χ2v) is 18.7. The van der Waals surface area contributed by atoms with Crippen LogP contribution in [0.4, 0.5) is 0 Å². The first-order valence-corrected chi connectivity index (χ1v) is 20.1. The van der Waals surface area contributed by atoms with Crippen molar-refractivity contribution in [2.24, 2.45) is 35.0 Å². The Morgan fingerprint density at radius 2 is 1.50 bits per heavy atom. The lowest BCUT2D eigenvalue weighted by Crippen LogP contribution is -2.34. The maximum atomic E-state index is 4.30. The Balaban J connectivity index is 0.000000808. The predicted molar refractivity (Wildman–Crippen MR) is 221 cm³/mol. The molecule has 0 heteroatoms. The van der Waals surface area contributed by atoms with E-state index in [9.17, 15) is 0 Å². The smallest absolute Gasteiger partial charge is 0.00275 e. The van der Waals surface area contributed by atoms with Gasteiger partial charge in [-0.2, -0.15) is 0 Å². The van der Waals surface area contributed by atoms with E-state index in [0.717, 1.165) is 42.4 Å². The molecular formula is C50H66. The minimum absolute atomic E-state index is 0.500. The van der Waals surface area contributed by atoms with Crippen molar-refractivity contribution in [1.82, 2.24) is 0 Å². The van der Waals surface area contributed by atoms with Gasteiger partial charge >= 0.3 is 0 Å². The van der Waals surface area contributed by atoms with Crippen molar-refractivity contribution in [3.63, 3.8) is 0 Å². The third-order valence-electron chi connectivity index (χ3n) is 12.3. The van der Waals surface area contributed by atoms with Gasteiger partial charge in [0.2, 0.25) is 0 Å². The summed E-state index contributed by atoms with van der Waals surface area (Å²) in [4.78, 5) is 0. The van der Waals surface area contributed by atoms with Crippen LogP contribution in [0.3, 0.4) is 0 Å². The van der Waals surface area contributed by atoms with Crippen LogP contribution in [0.25, 0.3) is 28.3 Å². The number of allylic oxidation sites excluding steroid dienone is 4. The van der Waals surface area contributed by atoms with Gasteiger partial charge in [-0.25, -0.2) is 0 Å². The van der Waals surface area contributed by atoms with Crippen molar-refractivity contribution < 1.29 is 0 Å². The summed E-state index contributed by atoms with van der Waals surface area (Å²) in [5.41, 5.74) is 19.3. The molecule has 0 amide bonds. The average Bonchev–Trinajstić information content (AvgIpc) is 3.61. The number of fused-ring (bicyclic) bond motifs is 2. The van der Waals surface area contributed by atoms with Gasteiger partial charge in [-0.05, 0) is 181 Å². The van der Waals surface area contributed by atoms with Crippen LogP contribution in [0.2, 0.25) is 0 Å². The number of benzene rings is 3. The van der Waals surface area contributed by atoms with E-state index in [2.05, 4.69) is 136 Å². The fraction of sp³-hybridized carbons (Fsp3) is 0.520. The minimum atomic E-state index is 0.500. The molecule has 4 aliphatic carbocycles. The molecule has 50 heavy (non-hydrogen) atoms. The van der Waals surface area contributed by atoms with Gasteiger partial charge in [0.25, 0.3) is 0 Å². The Morgan fingerprint density at radius 3 is 2.10 bits per heavy atom. The summed E-state index contributed by atoms with van der Waals surface area (Å²) in [7, 11) is 0. The van der Waals surface area contributed by atoms with Crippen LogP contribution in [-0.2, 0) is 12.8 Å². The lowest BCUT2D eigenvalue weighted by atomic mass is 9.60. The fourth-order valence-corrected chi connectivity index (χ4v) is 9.42. The molecule has 0 nitrogen and oxygen atoms in total. The Kier molecular flexibility index (Phi) is 10.9. The molecule has 4 aliphatic rings. The number of hydrogen-bond donors (Lipinski definition) is 0. The summed E-state index contributed by atoms with van der Waals surface area (Å²) < 4.78 is 0. The lowest BCUT2D eigenvalue weighted by molar-refractivity contribution is 0.0646. The normalized spacial score (nSPS) is 24.1. The summed E-state index contributed by atoms with van der Waals surface area (Å²) in [5.74, 6) is 5.18. The molecule has 266 valence electrons. The first-order valence-electron chi connectivity index (χ1n) is 20.1. The maximum Gasteiger partial charge on any atom is 0.00275 e. The molecule has 0 N–H and O–H groups in total. The lowest BCUT2D eigenvalue weighted by Gasteiger charge is -2.45. The van der Waals surface area contributed by atoms with Crippen LogP contribution in [0.1, 0.15) is 151 Å². The van der Waals surface area contributed by atoms with E-state index >= 15 is 0 Å². The molecule has 7 rings (SSSR count). The highest BCUT2D eigenvalue weighted by atomic mass is 14.4. The quantitative estimate of drug-likeness (QED) is 0.210. The molecule has 2 saturated carbocycles. The van der Waals surface area contributed by atoms with E-state index in [1.54, 1.807) is 16.7 Å². The van der Waals surface area contributed by atoms with Gasteiger partial charge in [-0.3, -0.25) is 0 Å². The van der Waals surface area contributed by atoms with Gasteiger partial charge in [0.1, 0.15) is 0 Å². The minimum Gasteiger partial charge on any atom is -0.0998 e. The molecule has 0 aromatic heterocycles. The molecule has 0 aliphatic heterocycles. The van der Waals surface area contributed by atoms with Crippen LogP contribution in [0, 0.1) is 48.9 Å². The SMILES string of the molecule is C=C(C)Cc1c(C)cc2c(c1-c1ccc(C)cc1)CC(c1ccc3c(c1)C(C1CCC(C4CC(C(C)C)C4)CC1)=CC3CC)=C2.CC(C)(C)C. The highest BCUT2D eigenvalue weighted by molar-refractivity contribution is 5.94. The Labute approximate surface area is 306 Å². The summed E-state index contributed by atoms with van der Waals surface area (Å²) in [6.07, 6.45) is 17.0. The molecule has 0 saturated heterocycles. The Hall–Kier alpha value is -3.12. The number of rotatable bonds is 8. The maximum absolute atomic E-state index is 4.30. The summed E-state index contributed by atoms with van der Waals surface area (Å²) >= 11 is 0. The Bertz CT molecular complexity index is 1740. The van der Waals surface area contributed by atoms with E-state index in [-0.39, 0.29) is 0 Å². The van der Waals surface area contributed by atoms with Gasteiger partial charge in [0.15, 0.2) is 0 Å². The standard InChI is InChI=1S/C45H54.C5H12/c1-8-31-24-42(33-15-13-32(14-16-33)37-21-36(22-37)28(4)5)44-25-35(17-18-40(31)44)38-23-39-20-30(7)41(19-27(2)3)45(43(39)26-38)34-11-9-29(6)10-12-34;1-5(2,3)4/h9-12,17-18,20,23-25,28,31-33,36-37H,2,8,13-16,19,21-22,26H2,1,3-7H3;1-4H3. The van der Waals surface area contributed by atoms with E-state index in [1.165, 1.54) is 101 Å². The first kappa shape index (κ1) is 36.7. The molecule has 0 heterocycles. The second kappa shape index (κ2) is 14.9. The van der Waals surface area contributed by atoms with E-state index in [4.69, 9.17) is 0 Å². The molecule has 0 spiro atoms. The topological polar surface area (TPSA) is 0 Å². The largest absolute Gasteiger partial charge is 0.0998 e. The molecule has 1 unspecified atom stereocenters. The highest BCUT2D eigenvalue weighted by Crippen LogP contribution is 2.52. The van der Waals surface area contributed by atoms with Gasteiger partial charge < -0.3 is 0 Å². The van der Waals surface area contributed by atoms with Crippen molar-refractivity contribution >= 4 is 17.2 Å². The molecule has 3 aromatic rings. The van der Waals surface area contributed by atoms with Gasteiger partial charge in [0.05, 0.1) is 0 Å². The molecule has 3 aromatic carbocycles. The van der Waals surface area contributed by atoms with Crippen molar-refractivity contribution in [3.05, 3.63) is 111 Å². The molecule has 1 atom stereocenters. The van der Waals surface area contributed by atoms with E-state index in [1.807, 2.05) is 0 Å². The molecular weight excluding hydrogens is 601 g/mol. The first-order chi connectivity index (χ1) is 23.7. The van der Waals surface area contributed by atoms with Crippen LogP contribution in [0.15, 0.2) is 66.8 Å². The molecule has 0 bridgehead atoms. The number of aryl methyl sites for hydroxylation is 2. The van der Waals surface area contributed by atoms with E-state index < -0.39 is 0 Å². The average molecular weight is 667 g/mol. The summed E-state index contributed by atoms with van der Waals surface area (Å²) in [6.45, 7) is 26.9. The molecule has 2 fully saturated rings. The summed E-state index contributed by atoms with van der Waals surface area (Å²) in [5, 5.41) is 0. The predicted octanol–water partition coefficient (Wildman–Crippen LogP) is 14.6.